The Kier molecular flexibility index (Phi) is 4.28. The normalized spacial score (nSPS) is 10.2. The van der Waals surface area contributed by atoms with Crippen LogP contribution in [0.5, 0.6) is 0 Å². The van der Waals surface area contributed by atoms with Crippen molar-refractivity contribution in [2.45, 2.75) is 0 Å². The molecule has 0 N–H and O–H groups in total. The molecule has 124 valence electrons. The SMILES string of the molecule is Cn1cc(-c2ccncc2)c(-c2ccc(C#Cc3ccccn3)cc2)n1. The molecule has 4 aromatic rings. The molecule has 4 heteroatoms. The van der Waals surface area contributed by atoms with Gasteiger partial charge in [0.2, 0.25) is 0 Å². The van der Waals surface area contributed by atoms with E-state index >= 15 is 0 Å². The molecular weight excluding hydrogens is 320 g/mol. The van der Waals surface area contributed by atoms with Crippen LogP contribution in [0.2, 0.25) is 0 Å². The molecule has 3 heterocycles. The van der Waals surface area contributed by atoms with Crippen LogP contribution in [0, 0.1) is 11.8 Å². The van der Waals surface area contributed by atoms with E-state index in [9.17, 15) is 0 Å². The summed E-state index contributed by atoms with van der Waals surface area (Å²) >= 11 is 0. The van der Waals surface area contributed by atoms with Crippen LogP contribution >= 0.6 is 0 Å². The highest BCUT2D eigenvalue weighted by molar-refractivity contribution is 5.80. The van der Waals surface area contributed by atoms with Crippen LogP contribution in [0.3, 0.4) is 0 Å². The number of hydrogen-bond donors (Lipinski definition) is 0. The minimum Gasteiger partial charge on any atom is -0.275 e. The zero-order valence-electron chi connectivity index (χ0n) is 14.3. The Morgan fingerprint density at radius 2 is 1.62 bits per heavy atom. The van der Waals surface area contributed by atoms with Gasteiger partial charge in [-0.05, 0) is 47.9 Å². The third-order valence-corrected chi connectivity index (χ3v) is 3.98. The highest BCUT2D eigenvalue weighted by atomic mass is 15.2. The zero-order valence-corrected chi connectivity index (χ0v) is 14.3. The fraction of sp³-hybridized carbons (Fsp3) is 0.0455. The number of aryl methyl sites for hydroxylation is 1. The van der Waals surface area contributed by atoms with E-state index in [1.165, 1.54) is 0 Å². The van der Waals surface area contributed by atoms with Gasteiger partial charge in [0, 0.05) is 48.5 Å². The number of nitrogens with zero attached hydrogens (tertiary/aromatic N) is 4. The molecule has 0 saturated heterocycles. The summed E-state index contributed by atoms with van der Waals surface area (Å²) in [6.45, 7) is 0. The molecule has 0 bridgehead atoms. The first-order valence-electron chi connectivity index (χ1n) is 8.27. The van der Waals surface area contributed by atoms with E-state index < -0.39 is 0 Å². The van der Waals surface area contributed by atoms with Crippen molar-refractivity contribution in [2.24, 2.45) is 7.05 Å². The van der Waals surface area contributed by atoms with Crippen LogP contribution in [-0.2, 0) is 7.05 Å². The van der Waals surface area contributed by atoms with Gasteiger partial charge in [0.25, 0.3) is 0 Å². The molecule has 4 nitrogen and oxygen atoms in total. The molecule has 0 radical (unpaired) electrons. The molecule has 26 heavy (non-hydrogen) atoms. The maximum absolute atomic E-state index is 4.63. The highest BCUT2D eigenvalue weighted by Gasteiger charge is 2.11. The van der Waals surface area contributed by atoms with Gasteiger partial charge in [-0.15, -0.1) is 0 Å². The number of hydrogen-bond acceptors (Lipinski definition) is 3. The lowest BCUT2D eigenvalue weighted by molar-refractivity contribution is 0.771. The average Bonchev–Trinajstić information content (AvgIpc) is 3.10. The summed E-state index contributed by atoms with van der Waals surface area (Å²) in [6, 6.07) is 17.8. The van der Waals surface area contributed by atoms with Crippen LogP contribution < -0.4 is 0 Å². The Morgan fingerprint density at radius 3 is 2.35 bits per heavy atom. The minimum atomic E-state index is 0.765. The second-order valence-corrected chi connectivity index (χ2v) is 5.84. The second-order valence-electron chi connectivity index (χ2n) is 5.84. The maximum Gasteiger partial charge on any atom is 0.113 e. The van der Waals surface area contributed by atoms with Gasteiger partial charge < -0.3 is 0 Å². The van der Waals surface area contributed by atoms with Crippen LogP contribution in [0.1, 0.15) is 11.3 Å². The van der Waals surface area contributed by atoms with Crippen molar-refractivity contribution in [2.75, 3.05) is 0 Å². The summed E-state index contributed by atoms with van der Waals surface area (Å²) in [5, 5.41) is 4.63. The van der Waals surface area contributed by atoms with Crippen LogP contribution in [0.4, 0.5) is 0 Å². The standard InChI is InChI=1S/C22H16N4/c1-26-16-21(18-11-14-23-15-12-18)22(25-26)19-8-5-17(6-9-19)7-10-20-4-2-3-13-24-20/h2-6,8-9,11-16H,1H3. The number of aromatic nitrogens is 4. The monoisotopic (exact) mass is 336 g/mol. The lowest BCUT2D eigenvalue weighted by atomic mass is 10.0. The Balaban J connectivity index is 1.65. The molecule has 0 fully saturated rings. The molecule has 0 unspecified atom stereocenters. The second kappa shape index (κ2) is 7.04. The van der Waals surface area contributed by atoms with E-state index in [0.717, 1.165) is 33.6 Å². The first-order chi connectivity index (χ1) is 12.8. The Hall–Kier alpha value is -3.71. The van der Waals surface area contributed by atoms with Crippen molar-refractivity contribution >= 4 is 0 Å². The van der Waals surface area contributed by atoms with E-state index in [0.29, 0.717) is 0 Å². The molecule has 0 aliphatic carbocycles. The topological polar surface area (TPSA) is 43.6 Å². The molecule has 0 amide bonds. The Morgan fingerprint density at radius 1 is 0.808 bits per heavy atom. The number of rotatable bonds is 2. The first-order valence-corrected chi connectivity index (χ1v) is 8.27. The number of benzene rings is 1. The van der Waals surface area contributed by atoms with Gasteiger partial charge in [-0.1, -0.05) is 24.1 Å². The summed E-state index contributed by atoms with van der Waals surface area (Å²) in [6.07, 6.45) is 7.36. The largest absolute Gasteiger partial charge is 0.275 e. The summed E-state index contributed by atoms with van der Waals surface area (Å²) in [7, 11) is 1.93. The summed E-state index contributed by atoms with van der Waals surface area (Å²) < 4.78 is 1.83. The molecule has 0 saturated carbocycles. The predicted molar refractivity (Wildman–Crippen MR) is 102 cm³/mol. The molecule has 4 rings (SSSR count). The van der Waals surface area contributed by atoms with Crippen molar-refractivity contribution < 1.29 is 0 Å². The predicted octanol–water partition coefficient (Wildman–Crippen LogP) is 3.94. The van der Waals surface area contributed by atoms with Crippen molar-refractivity contribution in [3.8, 4) is 34.2 Å². The van der Waals surface area contributed by atoms with E-state index in [1.54, 1.807) is 18.6 Å². The van der Waals surface area contributed by atoms with Gasteiger partial charge in [-0.2, -0.15) is 5.10 Å². The number of pyridine rings is 2. The van der Waals surface area contributed by atoms with Crippen LogP contribution in [0.25, 0.3) is 22.4 Å². The fourth-order valence-electron chi connectivity index (χ4n) is 2.73. The molecule has 3 aromatic heterocycles. The maximum atomic E-state index is 4.63. The summed E-state index contributed by atoms with van der Waals surface area (Å²) in [5.41, 5.74) is 5.90. The van der Waals surface area contributed by atoms with Crippen LogP contribution in [0.15, 0.2) is 79.4 Å². The van der Waals surface area contributed by atoms with Gasteiger partial charge in [-0.3, -0.25) is 9.67 Å². The van der Waals surface area contributed by atoms with Gasteiger partial charge in [0.1, 0.15) is 11.4 Å². The minimum absolute atomic E-state index is 0.765. The highest BCUT2D eigenvalue weighted by Crippen LogP contribution is 2.30. The molecule has 0 atom stereocenters. The molecular formula is C22H16N4. The van der Waals surface area contributed by atoms with Crippen molar-refractivity contribution in [3.05, 3.63) is 90.6 Å². The van der Waals surface area contributed by atoms with Crippen molar-refractivity contribution in [1.82, 2.24) is 19.7 Å². The average molecular weight is 336 g/mol. The smallest absolute Gasteiger partial charge is 0.113 e. The molecule has 0 aliphatic rings. The van der Waals surface area contributed by atoms with E-state index in [1.807, 2.05) is 60.4 Å². The van der Waals surface area contributed by atoms with Gasteiger partial charge >= 0.3 is 0 Å². The van der Waals surface area contributed by atoms with Gasteiger partial charge in [0.15, 0.2) is 0 Å². The van der Waals surface area contributed by atoms with E-state index in [2.05, 4.69) is 39.0 Å². The third kappa shape index (κ3) is 3.38. The lowest BCUT2D eigenvalue weighted by Crippen LogP contribution is -1.88. The quantitative estimate of drug-likeness (QED) is 0.521. The zero-order chi connectivity index (χ0) is 17.8. The lowest BCUT2D eigenvalue weighted by Gasteiger charge is -2.03. The van der Waals surface area contributed by atoms with E-state index in [-0.39, 0.29) is 0 Å². The third-order valence-electron chi connectivity index (χ3n) is 3.98. The van der Waals surface area contributed by atoms with Gasteiger partial charge in [-0.25, -0.2) is 4.98 Å². The van der Waals surface area contributed by atoms with Crippen molar-refractivity contribution in [3.63, 3.8) is 0 Å². The Labute approximate surface area is 152 Å². The van der Waals surface area contributed by atoms with Gasteiger partial charge in [0.05, 0.1) is 0 Å². The van der Waals surface area contributed by atoms with E-state index in [4.69, 9.17) is 0 Å². The molecule has 0 aliphatic heterocycles. The molecule has 0 spiro atoms. The first kappa shape index (κ1) is 15.8. The van der Waals surface area contributed by atoms with Crippen LogP contribution in [-0.4, -0.2) is 19.7 Å². The fourth-order valence-corrected chi connectivity index (χ4v) is 2.73. The van der Waals surface area contributed by atoms with Crippen molar-refractivity contribution in [1.29, 1.82) is 0 Å². The Bertz CT molecular complexity index is 1070. The summed E-state index contributed by atoms with van der Waals surface area (Å²) in [5.74, 6) is 6.22. The molecule has 1 aromatic carbocycles. The summed E-state index contributed by atoms with van der Waals surface area (Å²) in [4.78, 5) is 8.31.